The number of nitrogens with zero attached hydrogens (tertiary/aromatic N) is 6. The van der Waals surface area contributed by atoms with Crippen LogP contribution in [0.15, 0.2) is 60.9 Å². The number of phenolic OH excluding ortho intramolecular Hbond substituents is 1. The summed E-state index contributed by atoms with van der Waals surface area (Å²) in [6, 6.07) is 16.5. The van der Waals surface area contributed by atoms with Crippen LogP contribution >= 0.6 is 0 Å². The topological polar surface area (TPSA) is 122 Å². The van der Waals surface area contributed by atoms with Crippen LogP contribution in [0.5, 0.6) is 11.8 Å². The summed E-state index contributed by atoms with van der Waals surface area (Å²) in [4.78, 5) is 18.0. The molecule has 0 radical (unpaired) electrons. The number of anilines is 1. The molecule has 194 valence electrons. The maximum absolute atomic E-state index is 14.0. The summed E-state index contributed by atoms with van der Waals surface area (Å²) >= 11 is 0. The van der Waals surface area contributed by atoms with Gasteiger partial charge in [-0.15, -0.1) is 0 Å². The number of halogens is 1. The third-order valence-electron chi connectivity index (χ3n) is 6.67. The molecule has 10 heteroatoms. The number of nitriles is 1. The molecule has 0 atom stereocenters. The Bertz CT molecular complexity index is 1770. The number of imidazole rings is 1. The summed E-state index contributed by atoms with van der Waals surface area (Å²) in [5.41, 5.74) is 4.17. The van der Waals surface area contributed by atoms with Crippen molar-refractivity contribution >= 4 is 17.0 Å². The van der Waals surface area contributed by atoms with Crippen LogP contribution in [0.1, 0.15) is 25.0 Å². The molecule has 5 aromatic rings. The molecule has 0 aliphatic carbocycles. The lowest BCUT2D eigenvalue weighted by Crippen LogP contribution is -2.25. The molecule has 3 aromatic heterocycles. The summed E-state index contributed by atoms with van der Waals surface area (Å²) in [6.07, 6.45) is 3.27. The summed E-state index contributed by atoms with van der Waals surface area (Å²) in [5, 5.41) is 23.1. The molecule has 0 saturated carbocycles. The van der Waals surface area contributed by atoms with E-state index < -0.39 is 5.82 Å². The first-order chi connectivity index (χ1) is 18.8. The second-order valence-electron chi connectivity index (χ2n) is 10.0. The molecule has 1 aliphatic heterocycles. The van der Waals surface area contributed by atoms with Crippen molar-refractivity contribution in [3.63, 3.8) is 0 Å². The van der Waals surface area contributed by atoms with Gasteiger partial charge in [-0.2, -0.15) is 10.2 Å². The quantitative estimate of drug-likeness (QED) is 0.318. The van der Waals surface area contributed by atoms with Crippen molar-refractivity contribution in [2.45, 2.75) is 25.8 Å². The van der Waals surface area contributed by atoms with Crippen molar-refractivity contribution in [3.05, 3.63) is 77.9 Å². The Morgan fingerprint density at radius 2 is 1.97 bits per heavy atom. The van der Waals surface area contributed by atoms with E-state index in [0.29, 0.717) is 65.1 Å². The number of nitrogens with one attached hydrogen (secondary N) is 1. The van der Waals surface area contributed by atoms with E-state index in [9.17, 15) is 14.8 Å². The van der Waals surface area contributed by atoms with Crippen molar-refractivity contribution in [2.75, 3.05) is 18.5 Å². The van der Waals surface area contributed by atoms with Crippen LogP contribution in [0.3, 0.4) is 0 Å². The smallest absolute Gasteiger partial charge is 0.299 e. The standard InChI is InChI=1S/C29H24FN7O2/c1-29(2)16-39-28-34-24-26(35-25(36-27(24)37(28)29)20-12-21(30)15-32-14-20)33-9-8-17-6-7-23(38)22(11-17)19-5-3-4-18(10-19)13-31/h3-7,10-12,14-15,38H,8-9,16H2,1-2H3,(H,33,35,36). The first kappa shape index (κ1) is 24.3. The van der Waals surface area contributed by atoms with Gasteiger partial charge in [-0.05, 0) is 61.7 Å². The van der Waals surface area contributed by atoms with E-state index in [1.165, 1.54) is 12.3 Å². The minimum absolute atomic E-state index is 0.141. The Hall–Kier alpha value is -5.04. The van der Waals surface area contributed by atoms with Crippen LogP contribution in [-0.2, 0) is 12.0 Å². The highest BCUT2D eigenvalue weighted by atomic mass is 19.1. The fraction of sp³-hybridized carbons (Fsp3) is 0.207. The third-order valence-corrected chi connectivity index (χ3v) is 6.67. The van der Waals surface area contributed by atoms with Crippen molar-refractivity contribution in [1.29, 1.82) is 5.26 Å². The number of phenols is 1. The SMILES string of the molecule is CC1(C)COc2nc3c(NCCc4ccc(O)c(-c5cccc(C#N)c5)c4)nc(-c4cncc(F)c4)nc3n21. The molecule has 1 aliphatic rings. The summed E-state index contributed by atoms with van der Waals surface area (Å²) < 4.78 is 21.7. The number of aromatic hydroxyl groups is 1. The molecular formula is C29H24FN7O2. The number of benzene rings is 2. The molecular weight excluding hydrogens is 497 g/mol. The van der Waals surface area contributed by atoms with Gasteiger partial charge in [0.05, 0.1) is 23.4 Å². The van der Waals surface area contributed by atoms with Gasteiger partial charge in [-0.25, -0.2) is 14.4 Å². The molecule has 0 saturated heterocycles. The number of rotatable bonds is 6. The lowest BCUT2D eigenvalue weighted by Gasteiger charge is -2.18. The number of hydrogen-bond acceptors (Lipinski definition) is 8. The van der Waals surface area contributed by atoms with Crippen LogP contribution in [0.25, 0.3) is 33.7 Å². The van der Waals surface area contributed by atoms with Gasteiger partial charge in [0.1, 0.15) is 18.2 Å². The second kappa shape index (κ2) is 9.36. The average Bonchev–Trinajstić information content (AvgIpc) is 3.46. The molecule has 39 heavy (non-hydrogen) atoms. The van der Waals surface area contributed by atoms with Crippen LogP contribution in [0.2, 0.25) is 0 Å². The molecule has 4 heterocycles. The first-order valence-corrected chi connectivity index (χ1v) is 12.4. The number of aromatic nitrogens is 5. The Morgan fingerprint density at radius 1 is 1.10 bits per heavy atom. The molecule has 0 amide bonds. The summed E-state index contributed by atoms with van der Waals surface area (Å²) in [6.45, 7) is 5.05. The molecule has 6 rings (SSSR count). The molecule has 0 fully saturated rings. The van der Waals surface area contributed by atoms with Gasteiger partial charge in [0, 0.05) is 23.9 Å². The Labute approximate surface area is 223 Å². The number of ether oxygens (including phenoxy) is 1. The zero-order chi connectivity index (χ0) is 27.1. The molecule has 0 spiro atoms. The van der Waals surface area contributed by atoms with E-state index in [4.69, 9.17) is 9.72 Å². The highest BCUT2D eigenvalue weighted by molar-refractivity contribution is 5.86. The van der Waals surface area contributed by atoms with Crippen molar-refractivity contribution in [1.82, 2.24) is 24.5 Å². The monoisotopic (exact) mass is 521 g/mol. The van der Waals surface area contributed by atoms with E-state index in [0.717, 1.165) is 17.3 Å². The zero-order valence-electron chi connectivity index (χ0n) is 21.3. The Morgan fingerprint density at radius 3 is 2.79 bits per heavy atom. The van der Waals surface area contributed by atoms with Gasteiger partial charge < -0.3 is 15.2 Å². The molecule has 2 aromatic carbocycles. The summed E-state index contributed by atoms with van der Waals surface area (Å²) in [7, 11) is 0. The van der Waals surface area contributed by atoms with Crippen LogP contribution < -0.4 is 10.1 Å². The predicted octanol–water partition coefficient (Wildman–Crippen LogP) is 5.05. The zero-order valence-corrected chi connectivity index (χ0v) is 21.3. The lowest BCUT2D eigenvalue weighted by atomic mass is 9.99. The van der Waals surface area contributed by atoms with E-state index in [2.05, 4.69) is 26.3 Å². The predicted molar refractivity (Wildman–Crippen MR) is 144 cm³/mol. The number of pyridine rings is 1. The number of fused-ring (bicyclic) bond motifs is 3. The molecule has 2 N–H and O–H groups in total. The lowest BCUT2D eigenvalue weighted by molar-refractivity contribution is 0.268. The highest BCUT2D eigenvalue weighted by Gasteiger charge is 2.36. The van der Waals surface area contributed by atoms with Gasteiger partial charge in [-0.3, -0.25) is 9.55 Å². The van der Waals surface area contributed by atoms with Gasteiger partial charge in [0.2, 0.25) is 0 Å². The molecule has 0 bridgehead atoms. The fourth-order valence-corrected chi connectivity index (χ4v) is 4.72. The van der Waals surface area contributed by atoms with Crippen molar-refractivity contribution < 1.29 is 14.2 Å². The third kappa shape index (κ3) is 4.48. The van der Waals surface area contributed by atoms with Crippen LogP contribution in [-0.4, -0.2) is 42.8 Å². The van der Waals surface area contributed by atoms with E-state index in [1.807, 2.05) is 36.6 Å². The average molecular weight is 522 g/mol. The summed E-state index contributed by atoms with van der Waals surface area (Å²) in [5.74, 6) is 0.493. The minimum atomic E-state index is -0.476. The number of hydrogen-bond donors (Lipinski definition) is 2. The van der Waals surface area contributed by atoms with Gasteiger partial charge in [0.15, 0.2) is 22.8 Å². The largest absolute Gasteiger partial charge is 0.507 e. The van der Waals surface area contributed by atoms with E-state index >= 15 is 0 Å². The van der Waals surface area contributed by atoms with Crippen molar-refractivity contribution in [2.24, 2.45) is 0 Å². The maximum atomic E-state index is 14.0. The minimum Gasteiger partial charge on any atom is -0.507 e. The fourth-order valence-electron chi connectivity index (χ4n) is 4.72. The highest BCUT2D eigenvalue weighted by Crippen LogP contribution is 2.37. The molecule has 9 nitrogen and oxygen atoms in total. The van der Waals surface area contributed by atoms with Gasteiger partial charge in [-0.1, -0.05) is 18.2 Å². The first-order valence-electron chi connectivity index (χ1n) is 12.4. The van der Waals surface area contributed by atoms with E-state index in [1.54, 1.807) is 24.3 Å². The van der Waals surface area contributed by atoms with Gasteiger partial charge in [0.25, 0.3) is 6.01 Å². The molecule has 0 unspecified atom stereocenters. The van der Waals surface area contributed by atoms with Crippen LogP contribution in [0.4, 0.5) is 10.2 Å². The van der Waals surface area contributed by atoms with Gasteiger partial charge >= 0.3 is 0 Å². The van der Waals surface area contributed by atoms with Crippen LogP contribution in [0, 0.1) is 17.1 Å². The Kier molecular flexibility index (Phi) is 5.84. The maximum Gasteiger partial charge on any atom is 0.299 e. The van der Waals surface area contributed by atoms with E-state index in [-0.39, 0.29) is 11.3 Å². The normalized spacial score (nSPS) is 13.6. The Balaban J connectivity index is 1.32. The second-order valence-corrected chi connectivity index (χ2v) is 10.0. The van der Waals surface area contributed by atoms with Crippen molar-refractivity contribution in [3.8, 4) is 40.3 Å².